The molecule has 4 amide bonds. The van der Waals surface area contributed by atoms with E-state index in [0.29, 0.717) is 10.6 Å². The van der Waals surface area contributed by atoms with Gasteiger partial charge >= 0.3 is 6.03 Å². The van der Waals surface area contributed by atoms with Gasteiger partial charge in [0.1, 0.15) is 12.1 Å². The fraction of sp³-hybridized carbons (Fsp3) is 0.526. The Morgan fingerprint density at radius 3 is 2.46 bits per heavy atom. The molecule has 1 aromatic carbocycles. The summed E-state index contributed by atoms with van der Waals surface area (Å²) < 4.78 is 0. The number of rotatable bonds is 3. The van der Waals surface area contributed by atoms with Crippen LogP contribution < -0.4 is 5.32 Å². The van der Waals surface area contributed by atoms with Gasteiger partial charge in [0.15, 0.2) is 0 Å². The summed E-state index contributed by atoms with van der Waals surface area (Å²) in [6, 6.07) is 6.56. The number of urea groups is 1. The van der Waals surface area contributed by atoms with Crippen molar-refractivity contribution in [2.45, 2.75) is 57.7 Å². The molecular weight excluding hydrogens is 354 g/mol. The molecule has 2 saturated heterocycles. The highest BCUT2D eigenvalue weighted by Gasteiger charge is 2.50. The molecule has 3 atom stereocenters. The first-order valence-electron chi connectivity index (χ1n) is 8.96. The van der Waals surface area contributed by atoms with E-state index < -0.39 is 17.5 Å². The molecule has 0 aliphatic carbocycles. The van der Waals surface area contributed by atoms with E-state index in [1.54, 1.807) is 36.1 Å². The van der Waals surface area contributed by atoms with E-state index in [4.69, 9.17) is 11.6 Å². The number of piperidine rings is 1. The van der Waals surface area contributed by atoms with Gasteiger partial charge in [-0.25, -0.2) is 4.79 Å². The average molecular weight is 378 g/mol. The fourth-order valence-corrected chi connectivity index (χ4v) is 4.34. The summed E-state index contributed by atoms with van der Waals surface area (Å²) in [4.78, 5) is 41.0. The number of nitrogens with one attached hydrogen (secondary N) is 1. The van der Waals surface area contributed by atoms with Crippen LogP contribution >= 0.6 is 11.6 Å². The second kappa shape index (κ2) is 6.91. The van der Waals surface area contributed by atoms with Crippen molar-refractivity contribution < 1.29 is 14.4 Å². The van der Waals surface area contributed by atoms with Crippen LogP contribution in [0.15, 0.2) is 24.3 Å². The van der Waals surface area contributed by atoms with E-state index in [1.807, 2.05) is 13.8 Å². The SMILES string of the molecule is CC1CCCC(C)N1C(=O)CN1C(=O)NC(C)(c2ccccc2Cl)C1=O. The first-order valence-corrected chi connectivity index (χ1v) is 9.33. The molecule has 3 unspecified atom stereocenters. The van der Waals surface area contributed by atoms with Gasteiger partial charge in [-0.2, -0.15) is 0 Å². The number of nitrogens with zero attached hydrogens (tertiary/aromatic N) is 2. The largest absolute Gasteiger partial charge is 0.336 e. The Kier molecular flexibility index (Phi) is 4.97. The third-order valence-corrected chi connectivity index (χ3v) is 5.79. The maximum atomic E-state index is 13.0. The average Bonchev–Trinajstić information content (AvgIpc) is 2.79. The Bertz CT molecular complexity index is 743. The molecule has 2 aliphatic heterocycles. The van der Waals surface area contributed by atoms with Crippen LogP contribution in [0.1, 0.15) is 45.6 Å². The van der Waals surface area contributed by atoms with Crippen LogP contribution in [0.5, 0.6) is 0 Å². The quantitative estimate of drug-likeness (QED) is 0.823. The lowest BCUT2D eigenvalue weighted by Gasteiger charge is -2.39. The second-order valence-corrected chi connectivity index (χ2v) is 7.76. The lowest BCUT2D eigenvalue weighted by atomic mass is 9.92. The third kappa shape index (κ3) is 3.07. The van der Waals surface area contributed by atoms with Gasteiger partial charge in [-0.05, 0) is 46.1 Å². The molecule has 1 N–H and O–H groups in total. The van der Waals surface area contributed by atoms with Crippen molar-refractivity contribution in [1.29, 1.82) is 0 Å². The third-order valence-electron chi connectivity index (χ3n) is 5.46. The van der Waals surface area contributed by atoms with E-state index in [1.165, 1.54) is 0 Å². The topological polar surface area (TPSA) is 69.7 Å². The van der Waals surface area contributed by atoms with Crippen molar-refractivity contribution >= 4 is 29.4 Å². The molecule has 6 nitrogen and oxygen atoms in total. The van der Waals surface area contributed by atoms with Gasteiger partial charge in [-0.15, -0.1) is 0 Å². The molecule has 2 heterocycles. The zero-order valence-corrected chi connectivity index (χ0v) is 16.0. The van der Waals surface area contributed by atoms with E-state index in [9.17, 15) is 14.4 Å². The molecule has 0 saturated carbocycles. The summed E-state index contributed by atoms with van der Waals surface area (Å²) in [5.74, 6) is -0.655. The van der Waals surface area contributed by atoms with Crippen LogP contribution in [-0.2, 0) is 15.1 Å². The number of carbonyl (C=O) groups is 3. The Morgan fingerprint density at radius 1 is 1.23 bits per heavy atom. The number of imide groups is 1. The number of likely N-dealkylation sites (tertiary alicyclic amines) is 1. The predicted octanol–water partition coefficient (Wildman–Crippen LogP) is 2.90. The monoisotopic (exact) mass is 377 g/mol. The van der Waals surface area contributed by atoms with E-state index in [2.05, 4.69) is 5.32 Å². The number of hydrogen-bond acceptors (Lipinski definition) is 3. The van der Waals surface area contributed by atoms with Crippen molar-refractivity contribution in [3.8, 4) is 0 Å². The number of amides is 4. The maximum absolute atomic E-state index is 13.0. The number of benzene rings is 1. The van der Waals surface area contributed by atoms with Crippen molar-refractivity contribution in [1.82, 2.24) is 15.1 Å². The van der Waals surface area contributed by atoms with Gasteiger partial charge in [0.25, 0.3) is 5.91 Å². The molecule has 26 heavy (non-hydrogen) atoms. The molecule has 3 rings (SSSR count). The van der Waals surface area contributed by atoms with Crippen molar-refractivity contribution in [3.05, 3.63) is 34.9 Å². The lowest BCUT2D eigenvalue weighted by molar-refractivity contribution is -0.142. The smallest absolute Gasteiger partial charge is 0.325 e. The number of halogens is 1. The van der Waals surface area contributed by atoms with Crippen LogP contribution in [0.25, 0.3) is 0 Å². The van der Waals surface area contributed by atoms with Gasteiger partial charge < -0.3 is 10.2 Å². The molecule has 2 aliphatic rings. The molecule has 0 spiro atoms. The normalized spacial score (nSPS) is 29.1. The minimum absolute atomic E-state index is 0.113. The Labute approximate surface area is 158 Å². The maximum Gasteiger partial charge on any atom is 0.325 e. The summed E-state index contributed by atoms with van der Waals surface area (Å²) in [6.07, 6.45) is 2.96. The second-order valence-electron chi connectivity index (χ2n) is 7.36. The van der Waals surface area contributed by atoms with E-state index in [0.717, 1.165) is 24.2 Å². The zero-order chi connectivity index (χ0) is 19.1. The number of carbonyl (C=O) groups excluding carboxylic acids is 3. The van der Waals surface area contributed by atoms with Crippen LogP contribution in [0, 0.1) is 0 Å². The van der Waals surface area contributed by atoms with Crippen LogP contribution in [0.3, 0.4) is 0 Å². The molecular formula is C19H24ClN3O3. The van der Waals surface area contributed by atoms with Crippen molar-refractivity contribution in [2.75, 3.05) is 6.54 Å². The summed E-state index contributed by atoms with van der Waals surface area (Å²) in [7, 11) is 0. The summed E-state index contributed by atoms with van der Waals surface area (Å²) in [5, 5.41) is 3.10. The minimum atomic E-state index is -1.27. The molecule has 7 heteroatoms. The summed E-state index contributed by atoms with van der Waals surface area (Å²) >= 11 is 6.22. The first kappa shape index (κ1) is 18.7. The van der Waals surface area contributed by atoms with Gasteiger partial charge in [0.2, 0.25) is 5.91 Å². The first-order chi connectivity index (χ1) is 12.3. The predicted molar refractivity (Wildman–Crippen MR) is 98.7 cm³/mol. The van der Waals surface area contributed by atoms with Crippen LogP contribution in [-0.4, -0.2) is 46.3 Å². The lowest BCUT2D eigenvalue weighted by Crippen LogP contribution is -2.52. The standard InChI is InChI=1S/C19H24ClN3O3/c1-12-7-6-8-13(2)23(12)16(24)11-22-17(25)19(3,21-18(22)26)14-9-4-5-10-15(14)20/h4-5,9-10,12-13H,6-8,11H2,1-3H3,(H,21,26). The Hall–Kier alpha value is -2.08. The van der Waals surface area contributed by atoms with Crippen molar-refractivity contribution in [3.63, 3.8) is 0 Å². The molecule has 2 fully saturated rings. The highest BCUT2D eigenvalue weighted by Crippen LogP contribution is 2.33. The number of hydrogen-bond donors (Lipinski definition) is 1. The highest BCUT2D eigenvalue weighted by molar-refractivity contribution is 6.32. The molecule has 140 valence electrons. The van der Waals surface area contributed by atoms with Gasteiger partial charge in [0.05, 0.1) is 0 Å². The molecule has 0 aromatic heterocycles. The summed E-state index contributed by atoms with van der Waals surface area (Å²) in [6.45, 7) is 5.38. The van der Waals surface area contributed by atoms with E-state index in [-0.39, 0.29) is 24.5 Å². The van der Waals surface area contributed by atoms with E-state index >= 15 is 0 Å². The minimum Gasteiger partial charge on any atom is -0.336 e. The van der Waals surface area contributed by atoms with Gasteiger partial charge in [-0.1, -0.05) is 29.8 Å². The molecule has 0 bridgehead atoms. The summed E-state index contributed by atoms with van der Waals surface area (Å²) in [5.41, 5.74) is -0.746. The zero-order valence-electron chi connectivity index (χ0n) is 15.3. The van der Waals surface area contributed by atoms with Crippen molar-refractivity contribution in [2.24, 2.45) is 0 Å². The van der Waals surface area contributed by atoms with Gasteiger partial charge in [0, 0.05) is 22.7 Å². The Morgan fingerprint density at radius 2 is 1.85 bits per heavy atom. The molecule has 0 radical (unpaired) electrons. The highest BCUT2D eigenvalue weighted by atomic mass is 35.5. The van der Waals surface area contributed by atoms with Gasteiger partial charge in [-0.3, -0.25) is 14.5 Å². The molecule has 1 aromatic rings. The van der Waals surface area contributed by atoms with Crippen LogP contribution in [0.4, 0.5) is 4.79 Å². The fourth-order valence-electron chi connectivity index (χ4n) is 4.02. The van der Waals surface area contributed by atoms with Crippen LogP contribution in [0.2, 0.25) is 5.02 Å². The Balaban J connectivity index is 1.81.